The van der Waals surface area contributed by atoms with Gasteiger partial charge in [0.05, 0.1) is 11.4 Å². The normalized spacial score (nSPS) is 16.0. The largest absolute Gasteiger partial charge is 0.327 e. The molecule has 1 aromatic rings. The van der Waals surface area contributed by atoms with Gasteiger partial charge in [0.2, 0.25) is 0 Å². The quantitative estimate of drug-likeness (QED) is 0.799. The van der Waals surface area contributed by atoms with Crippen LogP contribution in [-0.2, 0) is 23.3 Å². The smallest absolute Gasteiger partial charge is 0.151 e. The van der Waals surface area contributed by atoms with E-state index in [1.54, 1.807) is 17.8 Å². The zero-order chi connectivity index (χ0) is 12.3. The summed E-state index contributed by atoms with van der Waals surface area (Å²) in [5.74, 6) is 0. The van der Waals surface area contributed by atoms with Gasteiger partial charge in [-0.15, -0.1) is 0 Å². The lowest BCUT2D eigenvalue weighted by Crippen LogP contribution is -2.38. The molecule has 0 radical (unpaired) electrons. The van der Waals surface area contributed by atoms with Crippen LogP contribution in [0.25, 0.3) is 0 Å². The Bertz CT molecular complexity index is 439. The fraction of sp³-hybridized carbons (Fsp3) is 0.700. The maximum absolute atomic E-state index is 11.3. The van der Waals surface area contributed by atoms with E-state index in [-0.39, 0.29) is 6.04 Å². The Morgan fingerprint density at radius 1 is 1.56 bits per heavy atom. The van der Waals surface area contributed by atoms with Gasteiger partial charge >= 0.3 is 0 Å². The van der Waals surface area contributed by atoms with E-state index >= 15 is 0 Å². The zero-order valence-electron chi connectivity index (χ0n) is 9.92. The van der Waals surface area contributed by atoms with E-state index in [1.165, 1.54) is 6.26 Å². The molecule has 0 amide bonds. The molecule has 0 fully saturated rings. The van der Waals surface area contributed by atoms with E-state index in [0.717, 1.165) is 12.0 Å². The number of sulfone groups is 1. The summed E-state index contributed by atoms with van der Waals surface area (Å²) in [5, 5.41) is 3.55. The van der Waals surface area contributed by atoms with Gasteiger partial charge < -0.3 is 5.73 Å². The van der Waals surface area contributed by atoms with Crippen molar-refractivity contribution in [2.24, 2.45) is 12.8 Å². The van der Waals surface area contributed by atoms with Crippen molar-refractivity contribution in [3.63, 3.8) is 0 Å². The summed E-state index contributed by atoms with van der Waals surface area (Å²) in [6, 6.07) is -0.324. The Morgan fingerprint density at radius 2 is 2.19 bits per heavy atom. The van der Waals surface area contributed by atoms with Gasteiger partial charge in [-0.05, 0) is 25.3 Å². The number of aromatic nitrogens is 2. The number of nitrogens with zero attached hydrogens (tertiary/aromatic N) is 2. The SMILES string of the molecule is CC(C(N)CCc1cnn(C)c1)S(C)(=O)=O. The van der Waals surface area contributed by atoms with Gasteiger partial charge in [-0.2, -0.15) is 5.10 Å². The molecule has 0 spiro atoms. The summed E-state index contributed by atoms with van der Waals surface area (Å²) < 4.78 is 24.3. The first-order chi connectivity index (χ1) is 7.30. The molecule has 1 heterocycles. The Kier molecular flexibility index (Phi) is 4.09. The predicted molar refractivity (Wildman–Crippen MR) is 63.8 cm³/mol. The van der Waals surface area contributed by atoms with Gasteiger partial charge in [0, 0.05) is 25.5 Å². The highest BCUT2D eigenvalue weighted by atomic mass is 32.2. The standard InChI is InChI=1S/C10H19N3O2S/c1-8(16(3,14)15)10(11)5-4-9-6-12-13(2)7-9/h6-8,10H,4-5,11H2,1-3H3. The molecule has 0 aliphatic carbocycles. The second-order valence-electron chi connectivity index (χ2n) is 4.26. The lowest BCUT2D eigenvalue weighted by molar-refractivity contribution is 0.546. The van der Waals surface area contributed by atoms with E-state index in [2.05, 4.69) is 5.10 Å². The first-order valence-corrected chi connectivity index (χ1v) is 7.18. The number of hydrogen-bond acceptors (Lipinski definition) is 4. The topological polar surface area (TPSA) is 78.0 Å². The molecular weight excluding hydrogens is 226 g/mol. The van der Waals surface area contributed by atoms with Crippen LogP contribution >= 0.6 is 0 Å². The number of nitrogens with two attached hydrogens (primary N) is 1. The maximum atomic E-state index is 11.3. The van der Waals surface area contributed by atoms with Crippen LogP contribution in [0.15, 0.2) is 12.4 Å². The summed E-state index contributed by atoms with van der Waals surface area (Å²) in [6.45, 7) is 1.66. The summed E-state index contributed by atoms with van der Waals surface area (Å²) in [7, 11) is -1.20. The number of rotatable bonds is 5. The van der Waals surface area contributed by atoms with Crippen LogP contribution in [0.5, 0.6) is 0 Å². The van der Waals surface area contributed by atoms with E-state index in [0.29, 0.717) is 6.42 Å². The summed E-state index contributed by atoms with van der Waals surface area (Å²) in [4.78, 5) is 0. The fourth-order valence-electron chi connectivity index (χ4n) is 1.49. The van der Waals surface area contributed by atoms with E-state index in [9.17, 15) is 8.42 Å². The number of hydrogen-bond donors (Lipinski definition) is 1. The van der Waals surface area contributed by atoms with Crippen LogP contribution in [0, 0.1) is 0 Å². The molecule has 0 aromatic carbocycles. The van der Waals surface area contributed by atoms with Crippen molar-refractivity contribution in [2.75, 3.05) is 6.26 Å². The van der Waals surface area contributed by atoms with Crippen molar-refractivity contribution in [3.05, 3.63) is 18.0 Å². The summed E-state index contributed by atoms with van der Waals surface area (Å²) in [6.07, 6.45) is 6.33. The first kappa shape index (κ1) is 13.2. The van der Waals surface area contributed by atoms with Gasteiger partial charge in [-0.25, -0.2) is 8.42 Å². The third-order valence-electron chi connectivity index (χ3n) is 2.80. The van der Waals surface area contributed by atoms with E-state index in [1.807, 2.05) is 13.2 Å². The third-order valence-corrected chi connectivity index (χ3v) is 4.50. The molecule has 2 N–H and O–H groups in total. The van der Waals surface area contributed by atoms with Crippen LogP contribution in [0.3, 0.4) is 0 Å². The van der Waals surface area contributed by atoms with Crippen LogP contribution in [0.1, 0.15) is 18.9 Å². The van der Waals surface area contributed by atoms with Gasteiger partial charge in [0.25, 0.3) is 0 Å². The minimum absolute atomic E-state index is 0.324. The molecule has 1 rings (SSSR count). The second kappa shape index (κ2) is 4.97. The Hall–Kier alpha value is -0.880. The summed E-state index contributed by atoms with van der Waals surface area (Å²) >= 11 is 0. The van der Waals surface area contributed by atoms with Gasteiger partial charge in [0.15, 0.2) is 9.84 Å². The van der Waals surface area contributed by atoms with Crippen LogP contribution in [0.4, 0.5) is 0 Å². The Balaban J connectivity index is 2.50. The monoisotopic (exact) mass is 245 g/mol. The average Bonchev–Trinajstić information content (AvgIpc) is 2.58. The van der Waals surface area contributed by atoms with Crippen LogP contribution in [0.2, 0.25) is 0 Å². The molecule has 0 bridgehead atoms. The van der Waals surface area contributed by atoms with E-state index in [4.69, 9.17) is 5.73 Å². The predicted octanol–water partition coefficient (Wildman–Crippen LogP) is 0.113. The highest BCUT2D eigenvalue weighted by Gasteiger charge is 2.22. The Labute approximate surface area is 96.6 Å². The van der Waals surface area contributed by atoms with Crippen LogP contribution < -0.4 is 5.73 Å². The van der Waals surface area contributed by atoms with Crippen molar-refractivity contribution >= 4 is 9.84 Å². The van der Waals surface area contributed by atoms with Crippen LogP contribution in [-0.4, -0.2) is 35.7 Å². The first-order valence-electron chi connectivity index (χ1n) is 5.22. The molecule has 1 aromatic heterocycles. The minimum Gasteiger partial charge on any atom is -0.327 e. The Morgan fingerprint density at radius 3 is 2.62 bits per heavy atom. The number of aryl methyl sites for hydroxylation is 2. The van der Waals surface area contributed by atoms with Crippen molar-refractivity contribution in [3.8, 4) is 0 Å². The highest BCUT2D eigenvalue weighted by Crippen LogP contribution is 2.09. The third kappa shape index (κ3) is 3.61. The van der Waals surface area contributed by atoms with Gasteiger partial charge in [-0.1, -0.05) is 0 Å². The fourth-order valence-corrected chi connectivity index (χ4v) is 2.26. The molecule has 0 aliphatic heterocycles. The molecule has 6 heteroatoms. The average molecular weight is 245 g/mol. The summed E-state index contributed by atoms with van der Waals surface area (Å²) in [5.41, 5.74) is 6.93. The van der Waals surface area contributed by atoms with Crippen molar-refractivity contribution in [1.82, 2.24) is 9.78 Å². The molecule has 16 heavy (non-hydrogen) atoms. The van der Waals surface area contributed by atoms with Crippen molar-refractivity contribution < 1.29 is 8.42 Å². The van der Waals surface area contributed by atoms with Gasteiger partial charge in [0.1, 0.15) is 0 Å². The lowest BCUT2D eigenvalue weighted by atomic mass is 10.1. The highest BCUT2D eigenvalue weighted by molar-refractivity contribution is 7.91. The molecule has 2 unspecified atom stereocenters. The molecule has 5 nitrogen and oxygen atoms in total. The molecule has 0 aliphatic rings. The molecule has 0 saturated heterocycles. The van der Waals surface area contributed by atoms with E-state index < -0.39 is 15.1 Å². The molecular formula is C10H19N3O2S. The lowest BCUT2D eigenvalue weighted by Gasteiger charge is -2.17. The maximum Gasteiger partial charge on any atom is 0.151 e. The van der Waals surface area contributed by atoms with Gasteiger partial charge in [-0.3, -0.25) is 4.68 Å². The molecule has 92 valence electrons. The van der Waals surface area contributed by atoms with Crippen molar-refractivity contribution in [2.45, 2.75) is 31.1 Å². The molecule has 0 saturated carbocycles. The second-order valence-corrected chi connectivity index (χ2v) is 6.66. The zero-order valence-corrected chi connectivity index (χ0v) is 10.7. The molecule has 2 atom stereocenters. The minimum atomic E-state index is -3.05. The van der Waals surface area contributed by atoms with Crippen molar-refractivity contribution in [1.29, 1.82) is 0 Å².